The number of fused-ring (bicyclic) bond motifs is 1. The monoisotopic (exact) mass is 343 g/mol. The summed E-state index contributed by atoms with van der Waals surface area (Å²) in [6.45, 7) is 2.90. The third kappa shape index (κ3) is 2.41. The Morgan fingerprint density at radius 2 is 2.32 bits per heavy atom. The van der Waals surface area contributed by atoms with Crippen LogP contribution in [-0.2, 0) is 16.0 Å². The van der Waals surface area contributed by atoms with Gasteiger partial charge in [0.15, 0.2) is 0 Å². The number of hydrogen-bond acceptors (Lipinski definition) is 2. The molecule has 2 aliphatic heterocycles. The van der Waals surface area contributed by atoms with Gasteiger partial charge >= 0.3 is 0 Å². The number of rotatable bonds is 2. The third-order valence-electron chi connectivity index (χ3n) is 3.96. The lowest BCUT2D eigenvalue weighted by atomic mass is 9.92. The van der Waals surface area contributed by atoms with Crippen molar-refractivity contribution in [1.29, 1.82) is 0 Å². The van der Waals surface area contributed by atoms with E-state index in [4.69, 9.17) is 16.3 Å². The van der Waals surface area contributed by atoms with Crippen LogP contribution in [-0.4, -0.2) is 18.6 Å². The largest absolute Gasteiger partial charge is 0.378 e. The molecule has 3 unspecified atom stereocenters. The van der Waals surface area contributed by atoms with Crippen molar-refractivity contribution in [2.75, 3.05) is 11.9 Å². The smallest absolute Gasteiger partial charge is 0.228 e. The molecule has 19 heavy (non-hydrogen) atoms. The molecule has 1 amide bonds. The highest BCUT2D eigenvalue weighted by Gasteiger charge is 2.33. The van der Waals surface area contributed by atoms with Crippen LogP contribution in [0.15, 0.2) is 12.1 Å². The van der Waals surface area contributed by atoms with Crippen LogP contribution >= 0.6 is 27.5 Å². The van der Waals surface area contributed by atoms with Gasteiger partial charge in [0.25, 0.3) is 0 Å². The summed E-state index contributed by atoms with van der Waals surface area (Å²) in [5.74, 6) is 0.451. The van der Waals surface area contributed by atoms with E-state index in [-0.39, 0.29) is 16.8 Å². The standard InChI is InChI=1S/C14H15BrClNO2/c1-7-9(2-3-19-7)14(15)10-4-8-5-13(18)17-12(8)6-11(10)16/h4,6-7,9,14H,2-3,5H2,1H3,(H,17,18). The minimum absolute atomic E-state index is 0.0342. The number of alkyl halides is 1. The molecule has 2 heterocycles. The summed E-state index contributed by atoms with van der Waals surface area (Å²) < 4.78 is 5.62. The Labute approximate surface area is 125 Å². The maximum atomic E-state index is 11.4. The van der Waals surface area contributed by atoms with Gasteiger partial charge in [-0.15, -0.1) is 0 Å². The van der Waals surface area contributed by atoms with Crippen LogP contribution < -0.4 is 5.32 Å². The first kappa shape index (κ1) is 13.4. The van der Waals surface area contributed by atoms with E-state index in [0.29, 0.717) is 17.4 Å². The molecule has 2 aliphatic rings. The van der Waals surface area contributed by atoms with E-state index < -0.39 is 0 Å². The predicted octanol–water partition coefficient (Wildman–Crippen LogP) is 3.70. The number of hydrogen-bond donors (Lipinski definition) is 1. The van der Waals surface area contributed by atoms with Crippen molar-refractivity contribution in [3.05, 3.63) is 28.3 Å². The minimum atomic E-state index is 0.0342. The zero-order chi connectivity index (χ0) is 13.6. The third-order valence-corrected chi connectivity index (χ3v) is 5.46. The number of carbonyl (C=O) groups excluding carboxylic acids is 1. The summed E-state index contributed by atoms with van der Waals surface area (Å²) >= 11 is 10.1. The van der Waals surface area contributed by atoms with E-state index in [9.17, 15) is 4.79 Å². The molecule has 1 N–H and O–H groups in total. The molecule has 0 spiro atoms. The summed E-state index contributed by atoms with van der Waals surface area (Å²) in [6.07, 6.45) is 1.70. The van der Waals surface area contributed by atoms with Gasteiger partial charge in [0, 0.05) is 28.1 Å². The number of ether oxygens (including phenoxy) is 1. The number of benzene rings is 1. The van der Waals surface area contributed by atoms with Crippen LogP contribution in [0.4, 0.5) is 5.69 Å². The lowest BCUT2D eigenvalue weighted by Gasteiger charge is -2.22. The molecule has 0 aliphatic carbocycles. The normalized spacial score (nSPS) is 27.2. The summed E-state index contributed by atoms with van der Waals surface area (Å²) in [4.78, 5) is 11.6. The fourth-order valence-corrected chi connectivity index (χ4v) is 4.33. The Kier molecular flexibility index (Phi) is 3.58. The predicted molar refractivity (Wildman–Crippen MR) is 79.0 cm³/mol. The number of nitrogens with one attached hydrogen (secondary N) is 1. The molecule has 102 valence electrons. The molecule has 0 saturated carbocycles. The average Bonchev–Trinajstić information content (AvgIpc) is 2.92. The topological polar surface area (TPSA) is 38.3 Å². The van der Waals surface area contributed by atoms with Gasteiger partial charge in [-0.05, 0) is 30.5 Å². The number of anilines is 1. The van der Waals surface area contributed by atoms with Crippen molar-refractivity contribution in [3.63, 3.8) is 0 Å². The number of amides is 1. The lowest BCUT2D eigenvalue weighted by Crippen LogP contribution is -2.16. The van der Waals surface area contributed by atoms with Crippen LogP contribution in [0.5, 0.6) is 0 Å². The molecular weight excluding hydrogens is 330 g/mol. The summed E-state index contributed by atoms with van der Waals surface area (Å²) in [5.41, 5.74) is 2.92. The van der Waals surface area contributed by atoms with Crippen molar-refractivity contribution < 1.29 is 9.53 Å². The average molecular weight is 345 g/mol. The van der Waals surface area contributed by atoms with Gasteiger partial charge in [-0.2, -0.15) is 0 Å². The second-order valence-corrected chi connectivity index (χ2v) is 6.58. The maximum absolute atomic E-state index is 11.4. The van der Waals surface area contributed by atoms with Gasteiger partial charge in [0.1, 0.15) is 0 Å². The lowest BCUT2D eigenvalue weighted by molar-refractivity contribution is -0.115. The Morgan fingerprint density at radius 1 is 1.53 bits per heavy atom. The van der Waals surface area contributed by atoms with E-state index in [0.717, 1.165) is 29.8 Å². The Bertz CT molecular complexity index is 534. The first-order chi connectivity index (χ1) is 9.06. The summed E-state index contributed by atoms with van der Waals surface area (Å²) in [6, 6.07) is 3.89. The Balaban J connectivity index is 1.93. The highest BCUT2D eigenvalue weighted by Crippen LogP contribution is 2.44. The van der Waals surface area contributed by atoms with Crippen LogP contribution in [0.1, 0.15) is 29.3 Å². The van der Waals surface area contributed by atoms with E-state index in [2.05, 4.69) is 28.2 Å². The van der Waals surface area contributed by atoms with E-state index >= 15 is 0 Å². The van der Waals surface area contributed by atoms with Crippen LogP contribution in [0.2, 0.25) is 5.02 Å². The summed E-state index contributed by atoms with van der Waals surface area (Å²) in [5, 5.41) is 3.52. The molecule has 0 bridgehead atoms. The van der Waals surface area contributed by atoms with Crippen molar-refractivity contribution in [2.24, 2.45) is 5.92 Å². The molecule has 0 aromatic heterocycles. The van der Waals surface area contributed by atoms with Crippen LogP contribution in [0.3, 0.4) is 0 Å². The molecule has 3 rings (SSSR count). The number of carbonyl (C=O) groups is 1. The molecule has 3 nitrogen and oxygen atoms in total. The van der Waals surface area contributed by atoms with Gasteiger partial charge in [0.05, 0.1) is 12.5 Å². The van der Waals surface area contributed by atoms with Gasteiger partial charge in [-0.25, -0.2) is 0 Å². The SMILES string of the molecule is CC1OCCC1C(Br)c1cc2c(cc1Cl)NC(=O)C2. The van der Waals surface area contributed by atoms with Gasteiger partial charge < -0.3 is 10.1 Å². The van der Waals surface area contributed by atoms with Crippen molar-refractivity contribution in [3.8, 4) is 0 Å². The first-order valence-electron chi connectivity index (χ1n) is 6.44. The second kappa shape index (κ2) is 5.08. The Hall–Kier alpha value is -0.580. The molecular formula is C14H15BrClNO2. The van der Waals surface area contributed by atoms with Gasteiger partial charge in [0.2, 0.25) is 5.91 Å². The van der Waals surface area contributed by atoms with Gasteiger partial charge in [-0.3, -0.25) is 4.79 Å². The highest BCUT2D eigenvalue weighted by molar-refractivity contribution is 9.09. The van der Waals surface area contributed by atoms with Crippen molar-refractivity contribution >= 4 is 39.1 Å². The van der Waals surface area contributed by atoms with Crippen molar-refractivity contribution in [1.82, 2.24) is 0 Å². The van der Waals surface area contributed by atoms with E-state index in [1.54, 1.807) is 0 Å². The molecule has 5 heteroatoms. The maximum Gasteiger partial charge on any atom is 0.228 e. The molecule has 1 aromatic carbocycles. The van der Waals surface area contributed by atoms with E-state index in [1.165, 1.54) is 0 Å². The summed E-state index contributed by atoms with van der Waals surface area (Å²) in [7, 11) is 0. The molecule has 3 atom stereocenters. The molecule has 1 fully saturated rings. The van der Waals surface area contributed by atoms with Gasteiger partial charge in [-0.1, -0.05) is 33.6 Å². The Morgan fingerprint density at radius 3 is 3.00 bits per heavy atom. The number of halogens is 2. The van der Waals surface area contributed by atoms with Crippen LogP contribution in [0, 0.1) is 5.92 Å². The zero-order valence-corrected chi connectivity index (χ0v) is 12.9. The van der Waals surface area contributed by atoms with Crippen molar-refractivity contribution in [2.45, 2.75) is 30.7 Å². The fourth-order valence-electron chi connectivity index (χ4n) is 2.84. The van der Waals surface area contributed by atoms with E-state index in [1.807, 2.05) is 12.1 Å². The minimum Gasteiger partial charge on any atom is -0.378 e. The molecule has 0 radical (unpaired) electrons. The quantitative estimate of drug-likeness (QED) is 0.831. The zero-order valence-electron chi connectivity index (χ0n) is 10.6. The van der Waals surface area contributed by atoms with Crippen LogP contribution in [0.25, 0.3) is 0 Å². The molecule has 1 aromatic rings. The second-order valence-electron chi connectivity index (χ2n) is 5.19. The first-order valence-corrected chi connectivity index (χ1v) is 7.73. The molecule has 1 saturated heterocycles. The highest BCUT2D eigenvalue weighted by atomic mass is 79.9. The fraction of sp³-hybridized carbons (Fsp3) is 0.500.